The van der Waals surface area contributed by atoms with Crippen molar-refractivity contribution in [1.82, 2.24) is 0 Å². The minimum absolute atomic E-state index is 0.254. The molecule has 0 aliphatic heterocycles. The van der Waals surface area contributed by atoms with Gasteiger partial charge in [0.2, 0.25) is 0 Å². The first-order valence-corrected chi connectivity index (χ1v) is 11.4. The molecule has 1 aliphatic carbocycles. The molecular weight excluding hydrogens is 380 g/mol. The number of benzene rings is 1. The first-order chi connectivity index (χ1) is 14.7. The van der Waals surface area contributed by atoms with Crippen molar-refractivity contribution in [1.29, 1.82) is 0 Å². The zero-order chi connectivity index (χ0) is 22.9. The third-order valence-electron chi connectivity index (χ3n) is 5.82. The lowest BCUT2D eigenvalue weighted by Crippen LogP contribution is -2.19. The average molecular weight is 419 g/mol. The van der Waals surface area contributed by atoms with E-state index in [0.29, 0.717) is 5.75 Å². The van der Waals surface area contributed by atoms with Crippen LogP contribution in [0.3, 0.4) is 0 Å². The molecule has 0 bridgehead atoms. The van der Waals surface area contributed by atoms with Gasteiger partial charge in [-0.05, 0) is 74.6 Å². The number of para-hydroxylation sites is 1. The van der Waals surface area contributed by atoms with Crippen molar-refractivity contribution < 1.29 is 9.53 Å². The van der Waals surface area contributed by atoms with E-state index in [-0.39, 0.29) is 11.4 Å². The molecule has 0 saturated carbocycles. The molecule has 1 aliphatic rings. The first kappa shape index (κ1) is 24.7. The molecule has 2 heteroatoms. The quantitative estimate of drug-likeness (QED) is 0.185. The van der Waals surface area contributed by atoms with Crippen LogP contribution in [-0.4, -0.2) is 5.97 Å². The van der Waals surface area contributed by atoms with Crippen molar-refractivity contribution in [2.75, 3.05) is 0 Å². The molecule has 0 aromatic heterocycles. The summed E-state index contributed by atoms with van der Waals surface area (Å²) in [6.07, 6.45) is 17.6. The Labute approximate surface area is 189 Å². The van der Waals surface area contributed by atoms with Gasteiger partial charge < -0.3 is 4.74 Å². The van der Waals surface area contributed by atoms with Gasteiger partial charge in [-0.2, -0.15) is 0 Å². The van der Waals surface area contributed by atoms with Crippen molar-refractivity contribution in [3.05, 3.63) is 88.6 Å². The van der Waals surface area contributed by atoms with E-state index in [1.807, 2.05) is 43.3 Å². The summed E-state index contributed by atoms with van der Waals surface area (Å²) in [5.41, 5.74) is 6.34. The highest BCUT2D eigenvalue weighted by Crippen LogP contribution is 2.40. The normalized spacial score (nSPS) is 17.6. The maximum absolute atomic E-state index is 12.3. The summed E-state index contributed by atoms with van der Waals surface area (Å²) >= 11 is 0. The van der Waals surface area contributed by atoms with Gasteiger partial charge in [-0.3, -0.25) is 0 Å². The third kappa shape index (κ3) is 7.86. The van der Waals surface area contributed by atoms with E-state index in [4.69, 9.17) is 4.74 Å². The summed E-state index contributed by atoms with van der Waals surface area (Å²) in [7, 11) is 0. The highest BCUT2D eigenvalue weighted by molar-refractivity contribution is 5.85. The number of carbonyl (C=O) groups is 1. The minimum atomic E-state index is -0.340. The van der Waals surface area contributed by atoms with Crippen LogP contribution in [0.15, 0.2) is 83.0 Å². The summed E-state index contributed by atoms with van der Waals surface area (Å²) in [4.78, 5) is 12.3. The van der Waals surface area contributed by atoms with Gasteiger partial charge in [0.15, 0.2) is 0 Å². The van der Waals surface area contributed by atoms with Gasteiger partial charge in [0.25, 0.3) is 0 Å². The van der Waals surface area contributed by atoms with E-state index in [2.05, 4.69) is 52.8 Å². The summed E-state index contributed by atoms with van der Waals surface area (Å²) in [6, 6.07) is 7.73. The number of hydrogen-bond acceptors (Lipinski definition) is 2. The molecule has 2 nitrogen and oxygen atoms in total. The van der Waals surface area contributed by atoms with Crippen molar-refractivity contribution in [2.45, 2.75) is 73.6 Å². The second-order valence-electron chi connectivity index (χ2n) is 9.20. The fourth-order valence-electron chi connectivity index (χ4n) is 4.08. The van der Waals surface area contributed by atoms with Crippen LogP contribution in [0.2, 0.25) is 0 Å². The van der Waals surface area contributed by atoms with E-state index in [1.54, 1.807) is 0 Å². The third-order valence-corrected chi connectivity index (χ3v) is 5.82. The van der Waals surface area contributed by atoms with E-state index >= 15 is 0 Å². The van der Waals surface area contributed by atoms with Gasteiger partial charge in [-0.1, -0.05) is 86.9 Å². The monoisotopic (exact) mass is 418 g/mol. The summed E-state index contributed by atoms with van der Waals surface area (Å²) in [6.45, 7) is 13.1. The second-order valence-corrected chi connectivity index (χ2v) is 9.20. The Balaban J connectivity index is 1.99. The van der Waals surface area contributed by atoms with Crippen LogP contribution in [-0.2, 0) is 11.2 Å². The summed E-state index contributed by atoms with van der Waals surface area (Å²) in [5, 5.41) is 0. The molecule has 0 radical (unpaired) electrons. The van der Waals surface area contributed by atoms with Gasteiger partial charge in [0.1, 0.15) is 5.75 Å². The topological polar surface area (TPSA) is 26.3 Å². The minimum Gasteiger partial charge on any atom is -0.423 e. The largest absolute Gasteiger partial charge is 0.423 e. The Bertz CT molecular complexity index is 920. The lowest BCUT2D eigenvalue weighted by Gasteiger charge is -2.32. The van der Waals surface area contributed by atoms with Crippen molar-refractivity contribution >= 4 is 5.97 Å². The zero-order valence-corrected chi connectivity index (χ0v) is 20.1. The van der Waals surface area contributed by atoms with E-state index in [9.17, 15) is 4.79 Å². The van der Waals surface area contributed by atoms with Gasteiger partial charge in [-0.25, -0.2) is 4.79 Å². The fraction of sp³-hybridized carbons (Fsp3) is 0.414. The summed E-state index contributed by atoms with van der Waals surface area (Å²) < 4.78 is 5.55. The number of allylic oxidation sites excluding steroid dienone is 9. The summed E-state index contributed by atoms with van der Waals surface area (Å²) in [5.74, 6) is 0.312. The molecule has 0 fully saturated rings. The molecule has 0 amide bonds. The predicted octanol–water partition coefficient (Wildman–Crippen LogP) is 8.08. The molecule has 0 unspecified atom stereocenters. The van der Waals surface area contributed by atoms with Crippen molar-refractivity contribution in [3.63, 3.8) is 0 Å². The Hall–Kier alpha value is -2.61. The van der Waals surface area contributed by atoms with Crippen LogP contribution in [0.4, 0.5) is 0 Å². The Morgan fingerprint density at radius 2 is 1.87 bits per heavy atom. The molecule has 31 heavy (non-hydrogen) atoms. The Kier molecular flexibility index (Phi) is 9.30. The van der Waals surface area contributed by atoms with Crippen LogP contribution in [0.5, 0.6) is 5.75 Å². The number of carbonyl (C=O) groups excluding carboxylic acids is 1. The molecule has 0 heterocycles. The molecule has 0 spiro atoms. The van der Waals surface area contributed by atoms with E-state index < -0.39 is 0 Å². The van der Waals surface area contributed by atoms with Gasteiger partial charge in [-0.15, -0.1) is 0 Å². The number of esters is 1. The second kappa shape index (κ2) is 11.7. The van der Waals surface area contributed by atoms with Crippen LogP contribution in [0.25, 0.3) is 0 Å². The van der Waals surface area contributed by atoms with Crippen molar-refractivity contribution in [2.24, 2.45) is 5.41 Å². The Morgan fingerprint density at radius 1 is 1.13 bits per heavy atom. The van der Waals surface area contributed by atoms with Crippen LogP contribution in [0, 0.1) is 5.41 Å². The maximum Gasteiger partial charge on any atom is 0.336 e. The first-order valence-electron chi connectivity index (χ1n) is 11.4. The van der Waals surface area contributed by atoms with Crippen LogP contribution < -0.4 is 4.74 Å². The number of rotatable bonds is 8. The molecule has 1 aromatic rings. The molecule has 1 aromatic carbocycles. The van der Waals surface area contributed by atoms with Crippen LogP contribution in [0.1, 0.15) is 72.8 Å². The van der Waals surface area contributed by atoms with Gasteiger partial charge in [0.05, 0.1) is 0 Å². The molecular formula is C29H38O2. The van der Waals surface area contributed by atoms with Gasteiger partial charge >= 0.3 is 5.97 Å². The molecule has 2 rings (SSSR count). The Morgan fingerprint density at radius 3 is 2.58 bits per heavy atom. The zero-order valence-electron chi connectivity index (χ0n) is 20.1. The molecule has 0 saturated heterocycles. The maximum atomic E-state index is 12.3. The smallest absolute Gasteiger partial charge is 0.336 e. The fourth-order valence-corrected chi connectivity index (χ4v) is 4.08. The standard InChI is InChI=1S/C29H38O2/c1-7-12-25-16-8-9-17-27(25)31-28(30)21-23(3)14-10-13-22(2)18-19-26-24(4)15-11-20-29(26,5)6/h8-10,13-14,16-19,21H,7,11-12,15,20H2,1-6H3/b14-10+,19-18+,22-13+,23-21+. The van der Waals surface area contributed by atoms with E-state index in [0.717, 1.165) is 24.0 Å². The molecule has 166 valence electrons. The van der Waals surface area contributed by atoms with Crippen LogP contribution >= 0.6 is 0 Å². The predicted molar refractivity (Wildman–Crippen MR) is 132 cm³/mol. The number of ether oxygens (including phenoxy) is 1. The lowest BCUT2D eigenvalue weighted by atomic mass is 9.72. The highest BCUT2D eigenvalue weighted by atomic mass is 16.5. The van der Waals surface area contributed by atoms with E-state index in [1.165, 1.54) is 42.1 Å². The average Bonchev–Trinajstić information content (AvgIpc) is 2.68. The SMILES string of the molecule is CCCc1ccccc1OC(=O)/C=C(C)/C=C/C=C(C)/C=C/C1=C(C)CCCC1(C)C. The number of aryl methyl sites for hydroxylation is 1. The molecule has 0 N–H and O–H groups in total. The molecule has 0 atom stereocenters. The number of hydrogen-bond donors (Lipinski definition) is 0. The highest BCUT2D eigenvalue weighted by Gasteiger charge is 2.26. The van der Waals surface area contributed by atoms with Gasteiger partial charge in [0, 0.05) is 6.08 Å². The van der Waals surface area contributed by atoms with Crippen molar-refractivity contribution in [3.8, 4) is 5.75 Å². The lowest BCUT2D eigenvalue weighted by molar-refractivity contribution is -0.129.